The molecule has 2 aliphatic rings. The molecule has 31 heavy (non-hydrogen) atoms. The number of piperidine rings is 1. The maximum atomic E-state index is 13.3. The molecular weight excluding hydrogens is 410 g/mol. The second-order valence-electron chi connectivity index (χ2n) is 8.46. The van der Waals surface area contributed by atoms with Crippen LogP contribution in [0.15, 0.2) is 18.2 Å². The first kappa shape index (κ1) is 23.4. The summed E-state index contributed by atoms with van der Waals surface area (Å²) in [5, 5.41) is 16.3. The van der Waals surface area contributed by atoms with E-state index in [-0.39, 0.29) is 44.3 Å². The standard InChI is InChI=1S/C21H30F2N4O4/c1-15(28)24-17-4-3-16(31-2)11-18(17)25-19(29)12-27-8-5-20(30,14-27)13-26-9-6-21(22,23)7-10-26/h3-4,11,30H,5-10,12-14H2,1-2H3,(H,24,28)(H,25,29)/t20-/m0/s1. The largest absolute Gasteiger partial charge is 0.497 e. The third-order valence-electron chi connectivity index (χ3n) is 5.70. The summed E-state index contributed by atoms with van der Waals surface area (Å²) in [4.78, 5) is 27.7. The molecule has 8 nitrogen and oxygen atoms in total. The molecule has 0 spiro atoms. The number of methoxy groups -OCH3 is 1. The number of β-amino-alcohol motifs (C(OH)–C–C–N with tert-alkyl or cyclic N) is 1. The van der Waals surface area contributed by atoms with Crippen molar-refractivity contribution in [3.8, 4) is 5.75 Å². The van der Waals surface area contributed by atoms with Gasteiger partial charge in [0.25, 0.3) is 5.92 Å². The lowest BCUT2D eigenvalue weighted by molar-refractivity contribution is -0.117. The number of ether oxygens (including phenoxy) is 1. The summed E-state index contributed by atoms with van der Waals surface area (Å²) in [7, 11) is 1.51. The number of aliphatic hydroxyl groups is 1. The Balaban J connectivity index is 1.54. The van der Waals surface area contributed by atoms with Crippen LogP contribution in [0.4, 0.5) is 20.2 Å². The van der Waals surface area contributed by atoms with E-state index in [1.807, 2.05) is 9.80 Å². The summed E-state index contributed by atoms with van der Waals surface area (Å²) < 4.78 is 31.9. The minimum absolute atomic E-state index is 0.0666. The van der Waals surface area contributed by atoms with Crippen LogP contribution >= 0.6 is 0 Å². The first-order valence-electron chi connectivity index (χ1n) is 10.4. The highest BCUT2D eigenvalue weighted by Crippen LogP contribution is 2.31. The van der Waals surface area contributed by atoms with E-state index < -0.39 is 11.5 Å². The zero-order chi connectivity index (χ0) is 22.6. The predicted octanol–water partition coefficient (Wildman–Crippen LogP) is 1.76. The first-order chi connectivity index (χ1) is 14.6. The van der Waals surface area contributed by atoms with Crippen molar-refractivity contribution in [3.05, 3.63) is 18.2 Å². The van der Waals surface area contributed by atoms with E-state index in [4.69, 9.17) is 4.74 Å². The molecule has 1 atom stereocenters. The predicted molar refractivity (Wildman–Crippen MR) is 113 cm³/mol. The second-order valence-corrected chi connectivity index (χ2v) is 8.46. The van der Waals surface area contributed by atoms with Gasteiger partial charge in [0.05, 0.1) is 30.6 Å². The summed E-state index contributed by atoms with van der Waals surface area (Å²) >= 11 is 0. The van der Waals surface area contributed by atoms with Crippen molar-refractivity contribution in [2.45, 2.75) is 37.7 Å². The van der Waals surface area contributed by atoms with Gasteiger partial charge in [-0.3, -0.25) is 19.4 Å². The van der Waals surface area contributed by atoms with E-state index in [1.54, 1.807) is 18.2 Å². The van der Waals surface area contributed by atoms with Crippen LogP contribution in [0.1, 0.15) is 26.2 Å². The fourth-order valence-corrected chi connectivity index (χ4v) is 4.10. The highest BCUT2D eigenvalue weighted by Gasteiger charge is 2.41. The summed E-state index contributed by atoms with van der Waals surface area (Å²) in [6, 6.07) is 4.94. The molecule has 2 saturated heterocycles. The molecule has 0 unspecified atom stereocenters. The molecule has 2 aliphatic heterocycles. The molecule has 0 aromatic heterocycles. The van der Waals surface area contributed by atoms with Gasteiger partial charge in [0.1, 0.15) is 5.75 Å². The minimum atomic E-state index is -2.62. The average molecular weight is 440 g/mol. The monoisotopic (exact) mass is 440 g/mol. The van der Waals surface area contributed by atoms with Crippen LogP contribution in [0, 0.1) is 0 Å². The first-order valence-corrected chi connectivity index (χ1v) is 10.4. The SMILES string of the molecule is COc1ccc(NC(C)=O)c(NC(=O)CN2CC[C@](O)(CN3CCC(F)(F)CC3)C2)c1. The van der Waals surface area contributed by atoms with Crippen molar-refractivity contribution in [1.29, 1.82) is 0 Å². The van der Waals surface area contributed by atoms with Crippen molar-refractivity contribution >= 4 is 23.2 Å². The van der Waals surface area contributed by atoms with E-state index in [0.717, 1.165) is 0 Å². The van der Waals surface area contributed by atoms with Crippen molar-refractivity contribution in [2.24, 2.45) is 0 Å². The number of hydrogen-bond acceptors (Lipinski definition) is 6. The Morgan fingerprint density at radius 1 is 1.10 bits per heavy atom. The lowest BCUT2D eigenvalue weighted by atomic mass is 10.00. The highest BCUT2D eigenvalue weighted by atomic mass is 19.3. The molecule has 1 aromatic carbocycles. The van der Waals surface area contributed by atoms with Crippen molar-refractivity contribution in [1.82, 2.24) is 9.80 Å². The van der Waals surface area contributed by atoms with E-state index in [2.05, 4.69) is 10.6 Å². The molecule has 0 saturated carbocycles. The normalized spacial score (nSPS) is 24.0. The van der Waals surface area contributed by atoms with E-state index >= 15 is 0 Å². The number of benzene rings is 1. The van der Waals surface area contributed by atoms with Gasteiger partial charge in [-0.05, 0) is 18.6 Å². The Kier molecular flexibility index (Phi) is 7.13. The van der Waals surface area contributed by atoms with Gasteiger partial charge in [0.2, 0.25) is 11.8 Å². The third kappa shape index (κ3) is 6.59. The lowest BCUT2D eigenvalue weighted by Crippen LogP contribution is -2.49. The molecule has 2 amide bonds. The maximum absolute atomic E-state index is 13.3. The van der Waals surface area contributed by atoms with Crippen LogP contribution in [0.5, 0.6) is 5.75 Å². The molecule has 0 aliphatic carbocycles. The molecule has 3 rings (SSSR count). The van der Waals surface area contributed by atoms with Crippen LogP contribution < -0.4 is 15.4 Å². The number of anilines is 2. The summed E-state index contributed by atoms with van der Waals surface area (Å²) in [6.45, 7) is 3.12. The number of likely N-dealkylation sites (tertiary alicyclic amines) is 2. The van der Waals surface area contributed by atoms with Crippen molar-refractivity contribution in [3.63, 3.8) is 0 Å². The molecule has 0 bridgehead atoms. The molecular formula is C21H30F2N4O4. The van der Waals surface area contributed by atoms with Crippen LogP contribution in [-0.4, -0.2) is 84.6 Å². The Hall–Kier alpha value is -2.30. The number of rotatable bonds is 7. The van der Waals surface area contributed by atoms with Crippen LogP contribution in [-0.2, 0) is 9.59 Å². The van der Waals surface area contributed by atoms with Gasteiger partial charge in [-0.15, -0.1) is 0 Å². The van der Waals surface area contributed by atoms with Crippen LogP contribution in [0.2, 0.25) is 0 Å². The Morgan fingerprint density at radius 2 is 1.77 bits per heavy atom. The number of alkyl halides is 2. The summed E-state index contributed by atoms with van der Waals surface area (Å²) in [6.07, 6.45) is 0.0994. The molecule has 2 fully saturated rings. The fourth-order valence-electron chi connectivity index (χ4n) is 4.10. The number of halogens is 2. The highest BCUT2D eigenvalue weighted by molar-refractivity contribution is 5.99. The number of amides is 2. The van der Waals surface area contributed by atoms with Crippen LogP contribution in [0.3, 0.4) is 0 Å². The number of carbonyl (C=O) groups is 2. The van der Waals surface area contributed by atoms with Crippen molar-refractivity contribution in [2.75, 3.05) is 57.0 Å². The zero-order valence-corrected chi connectivity index (χ0v) is 17.9. The molecule has 3 N–H and O–H groups in total. The van der Waals surface area contributed by atoms with Gasteiger partial charge in [0.15, 0.2) is 0 Å². The molecule has 0 radical (unpaired) electrons. The zero-order valence-electron chi connectivity index (χ0n) is 17.9. The number of carbonyl (C=O) groups excluding carboxylic acids is 2. The van der Waals surface area contributed by atoms with Gasteiger partial charge < -0.3 is 20.5 Å². The minimum Gasteiger partial charge on any atom is -0.497 e. The number of hydrogen-bond donors (Lipinski definition) is 3. The van der Waals surface area contributed by atoms with E-state index in [0.29, 0.717) is 43.2 Å². The quantitative estimate of drug-likeness (QED) is 0.598. The van der Waals surface area contributed by atoms with Gasteiger partial charge >= 0.3 is 0 Å². The lowest BCUT2D eigenvalue weighted by Gasteiger charge is -2.36. The summed E-state index contributed by atoms with van der Waals surface area (Å²) in [5.41, 5.74) is -0.144. The van der Waals surface area contributed by atoms with E-state index in [1.165, 1.54) is 14.0 Å². The second kappa shape index (κ2) is 9.46. The van der Waals surface area contributed by atoms with Crippen molar-refractivity contribution < 1.29 is 28.2 Å². The Labute approximate surface area is 180 Å². The Bertz CT molecular complexity index is 813. The van der Waals surface area contributed by atoms with Gasteiger partial charge in [-0.2, -0.15) is 0 Å². The fraction of sp³-hybridized carbons (Fsp3) is 0.619. The number of nitrogens with one attached hydrogen (secondary N) is 2. The molecule has 10 heteroatoms. The Morgan fingerprint density at radius 3 is 2.42 bits per heavy atom. The summed E-state index contributed by atoms with van der Waals surface area (Å²) in [5.74, 6) is -2.63. The third-order valence-corrected chi connectivity index (χ3v) is 5.70. The smallest absolute Gasteiger partial charge is 0.250 e. The van der Waals surface area contributed by atoms with Gasteiger partial charge in [-0.25, -0.2) is 8.78 Å². The topological polar surface area (TPSA) is 94.1 Å². The van der Waals surface area contributed by atoms with Gasteiger partial charge in [0, 0.05) is 58.6 Å². The van der Waals surface area contributed by atoms with Crippen LogP contribution in [0.25, 0.3) is 0 Å². The number of nitrogens with zero attached hydrogens (tertiary/aromatic N) is 2. The molecule has 1 aromatic rings. The van der Waals surface area contributed by atoms with Gasteiger partial charge in [-0.1, -0.05) is 0 Å². The molecule has 172 valence electrons. The van der Waals surface area contributed by atoms with E-state index in [9.17, 15) is 23.5 Å². The molecule has 2 heterocycles. The maximum Gasteiger partial charge on any atom is 0.250 e. The average Bonchev–Trinajstić information content (AvgIpc) is 3.04.